The number of aromatic amines is 1. The molecule has 0 saturated carbocycles. The van der Waals surface area contributed by atoms with E-state index >= 15 is 0 Å². The van der Waals surface area contributed by atoms with Crippen molar-refractivity contribution in [3.05, 3.63) is 95.7 Å². The first-order valence-corrected chi connectivity index (χ1v) is 12.6. The van der Waals surface area contributed by atoms with Gasteiger partial charge in [-0.15, -0.1) is 11.8 Å². The van der Waals surface area contributed by atoms with Crippen molar-refractivity contribution in [2.45, 2.75) is 22.3 Å². The minimum Gasteiger partial charge on any atom is -0.357 e. The molecular weight excluding hydrogens is 412 g/mol. The number of hydrogen-bond acceptors (Lipinski definition) is 3. The molecule has 5 rings (SSSR count). The summed E-state index contributed by atoms with van der Waals surface area (Å²) in [4.78, 5) is 5.02. The van der Waals surface area contributed by atoms with Crippen LogP contribution in [0.2, 0.25) is 0 Å². The van der Waals surface area contributed by atoms with Crippen molar-refractivity contribution >= 4 is 32.7 Å². The Kier molecular flexibility index (Phi) is 4.93. The lowest BCUT2D eigenvalue weighted by atomic mass is 9.94. The predicted molar refractivity (Wildman–Crippen MR) is 122 cm³/mol. The van der Waals surface area contributed by atoms with Crippen LogP contribution in [-0.4, -0.2) is 30.5 Å². The average molecular weight is 435 g/mol. The van der Waals surface area contributed by atoms with Crippen molar-refractivity contribution in [3.8, 4) is 0 Å². The van der Waals surface area contributed by atoms with Crippen LogP contribution in [0, 0.1) is 0 Å². The van der Waals surface area contributed by atoms with Crippen LogP contribution in [0.5, 0.6) is 0 Å². The summed E-state index contributed by atoms with van der Waals surface area (Å²) < 4.78 is 28.9. The Morgan fingerprint density at radius 3 is 2.37 bits per heavy atom. The third kappa shape index (κ3) is 3.16. The Morgan fingerprint density at radius 2 is 1.63 bits per heavy atom. The first-order valence-electron chi connectivity index (χ1n) is 9.90. The molecule has 2 heterocycles. The molecule has 0 radical (unpaired) electrons. The smallest absolute Gasteiger partial charge is 0.244 e. The number of H-pyrrole nitrogens is 1. The molecule has 3 aromatic carbocycles. The maximum atomic E-state index is 13.6. The van der Waals surface area contributed by atoms with E-state index in [1.807, 2.05) is 36.6 Å². The summed E-state index contributed by atoms with van der Waals surface area (Å²) in [6.07, 6.45) is 2.72. The van der Waals surface area contributed by atoms with Gasteiger partial charge in [-0.1, -0.05) is 48.5 Å². The lowest BCUT2D eigenvalue weighted by molar-refractivity contribution is 0.340. The van der Waals surface area contributed by atoms with Gasteiger partial charge in [-0.25, -0.2) is 8.42 Å². The summed E-state index contributed by atoms with van der Waals surface area (Å²) in [6.45, 7) is 0.445. The van der Waals surface area contributed by atoms with Crippen LogP contribution >= 0.6 is 11.8 Å². The number of fused-ring (bicyclic) bond motifs is 3. The van der Waals surface area contributed by atoms with Gasteiger partial charge >= 0.3 is 0 Å². The largest absolute Gasteiger partial charge is 0.357 e. The summed E-state index contributed by atoms with van der Waals surface area (Å²) in [6, 6.07) is 24.7. The summed E-state index contributed by atoms with van der Waals surface area (Å²) in [7, 11) is -3.65. The molecule has 152 valence electrons. The van der Waals surface area contributed by atoms with Gasteiger partial charge in [0.1, 0.15) is 0 Å². The van der Waals surface area contributed by atoms with E-state index < -0.39 is 10.0 Å². The molecule has 0 amide bonds. The monoisotopic (exact) mass is 434 g/mol. The molecule has 1 aromatic heterocycles. The summed E-state index contributed by atoms with van der Waals surface area (Å²) in [5.74, 6) is 0. The highest BCUT2D eigenvalue weighted by Crippen LogP contribution is 2.41. The van der Waals surface area contributed by atoms with Crippen molar-refractivity contribution in [1.29, 1.82) is 0 Å². The Bertz CT molecular complexity index is 1300. The third-order valence-electron chi connectivity index (χ3n) is 5.77. The van der Waals surface area contributed by atoms with Gasteiger partial charge in [0.15, 0.2) is 0 Å². The maximum absolute atomic E-state index is 13.6. The number of nitrogens with zero attached hydrogens (tertiary/aromatic N) is 1. The Balaban J connectivity index is 1.70. The molecular formula is C24H22N2O2S2. The number of sulfonamides is 1. The van der Waals surface area contributed by atoms with Crippen molar-refractivity contribution < 1.29 is 8.42 Å². The summed E-state index contributed by atoms with van der Waals surface area (Å²) >= 11 is 1.68. The van der Waals surface area contributed by atoms with Crippen LogP contribution in [0.4, 0.5) is 0 Å². The first kappa shape index (κ1) is 19.4. The van der Waals surface area contributed by atoms with E-state index in [0.717, 1.165) is 21.7 Å². The molecule has 1 atom stereocenters. The van der Waals surface area contributed by atoms with Crippen LogP contribution < -0.4 is 0 Å². The van der Waals surface area contributed by atoms with E-state index in [9.17, 15) is 8.42 Å². The van der Waals surface area contributed by atoms with Crippen molar-refractivity contribution in [3.63, 3.8) is 0 Å². The van der Waals surface area contributed by atoms with Gasteiger partial charge < -0.3 is 4.98 Å². The van der Waals surface area contributed by atoms with Crippen LogP contribution in [0.1, 0.15) is 22.9 Å². The number of hydrogen-bond donors (Lipinski definition) is 1. The van der Waals surface area contributed by atoms with Gasteiger partial charge in [0.25, 0.3) is 0 Å². The quantitative estimate of drug-likeness (QED) is 0.448. The highest BCUT2D eigenvalue weighted by Gasteiger charge is 2.39. The van der Waals surface area contributed by atoms with Crippen LogP contribution in [0.15, 0.2) is 88.7 Å². The standard InChI is InChI=1S/C24H22N2O2S2/c1-29-18-13-11-17(12-14-18)24-23-21(20-9-5-6-10-22(20)25-23)15-16-26(24)30(27,28)19-7-3-2-4-8-19/h2-14,24-25H,15-16H2,1H3/t24-/m0/s1. The Morgan fingerprint density at radius 1 is 0.933 bits per heavy atom. The molecule has 4 aromatic rings. The normalized spacial score (nSPS) is 17.2. The van der Waals surface area contributed by atoms with E-state index in [1.165, 1.54) is 10.9 Å². The number of aromatic nitrogens is 1. The van der Waals surface area contributed by atoms with Crippen molar-refractivity contribution in [1.82, 2.24) is 9.29 Å². The lowest BCUT2D eigenvalue weighted by Crippen LogP contribution is -2.40. The molecule has 0 fully saturated rings. The second-order valence-corrected chi connectivity index (χ2v) is 10.2. The van der Waals surface area contributed by atoms with E-state index in [1.54, 1.807) is 40.3 Å². The summed E-state index contributed by atoms with van der Waals surface area (Å²) in [5, 5.41) is 1.18. The average Bonchev–Trinajstić information content (AvgIpc) is 3.18. The third-order valence-corrected chi connectivity index (χ3v) is 8.39. The minimum absolute atomic E-state index is 0.329. The topological polar surface area (TPSA) is 53.2 Å². The Labute approximate surface area is 181 Å². The number of rotatable bonds is 4. The molecule has 0 saturated heterocycles. The van der Waals surface area contributed by atoms with Crippen molar-refractivity contribution in [2.24, 2.45) is 0 Å². The molecule has 1 aliphatic rings. The molecule has 1 aliphatic heterocycles. The molecule has 30 heavy (non-hydrogen) atoms. The van der Waals surface area contributed by atoms with Gasteiger partial charge in [0.2, 0.25) is 10.0 Å². The lowest BCUT2D eigenvalue weighted by Gasteiger charge is -2.35. The molecule has 0 spiro atoms. The number of benzene rings is 3. The second kappa shape index (κ2) is 7.61. The fourth-order valence-corrected chi connectivity index (χ4v) is 6.34. The van der Waals surface area contributed by atoms with E-state index in [4.69, 9.17) is 0 Å². The molecule has 6 heteroatoms. The fourth-order valence-electron chi connectivity index (χ4n) is 4.32. The highest BCUT2D eigenvalue weighted by atomic mass is 32.2. The SMILES string of the molecule is CSc1ccc([C@H]2c3[nH]c4ccccc4c3CCN2S(=O)(=O)c2ccccc2)cc1. The zero-order valence-electron chi connectivity index (χ0n) is 16.6. The molecule has 0 unspecified atom stereocenters. The number of para-hydroxylation sites is 1. The zero-order chi connectivity index (χ0) is 20.7. The number of nitrogens with one attached hydrogen (secondary N) is 1. The highest BCUT2D eigenvalue weighted by molar-refractivity contribution is 7.98. The van der Waals surface area contributed by atoms with Crippen LogP contribution in [0.3, 0.4) is 0 Å². The maximum Gasteiger partial charge on any atom is 0.244 e. The second-order valence-electron chi connectivity index (χ2n) is 7.42. The van der Waals surface area contributed by atoms with Crippen LogP contribution in [-0.2, 0) is 16.4 Å². The predicted octanol–water partition coefficient (Wildman–Crippen LogP) is 5.23. The van der Waals surface area contributed by atoms with Gasteiger partial charge in [-0.2, -0.15) is 4.31 Å². The number of thioether (sulfide) groups is 1. The first-order chi connectivity index (χ1) is 14.6. The van der Waals surface area contributed by atoms with Gasteiger partial charge in [-0.05, 0) is 54.1 Å². The molecule has 1 N–H and O–H groups in total. The fraction of sp³-hybridized carbons (Fsp3) is 0.167. The van der Waals surface area contributed by atoms with E-state index in [-0.39, 0.29) is 6.04 Å². The Hall–Kier alpha value is -2.54. The molecule has 4 nitrogen and oxygen atoms in total. The zero-order valence-corrected chi connectivity index (χ0v) is 18.2. The van der Waals surface area contributed by atoms with E-state index in [0.29, 0.717) is 17.9 Å². The van der Waals surface area contributed by atoms with Crippen LogP contribution in [0.25, 0.3) is 10.9 Å². The summed E-state index contributed by atoms with van der Waals surface area (Å²) in [5.41, 5.74) is 4.20. The van der Waals surface area contributed by atoms with E-state index in [2.05, 4.69) is 29.2 Å². The van der Waals surface area contributed by atoms with Gasteiger partial charge in [0, 0.05) is 28.0 Å². The molecule has 0 aliphatic carbocycles. The van der Waals surface area contributed by atoms with Crippen molar-refractivity contribution in [2.75, 3.05) is 12.8 Å². The minimum atomic E-state index is -3.65. The molecule has 0 bridgehead atoms. The van der Waals surface area contributed by atoms with Gasteiger partial charge in [0.05, 0.1) is 10.9 Å². The van der Waals surface area contributed by atoms with Gasteiger partial charge in [-0.3, -0.25) is 0 Å².